The Morgan fingerprint density at radius 2 is 1.46 bits per heavy atom. The number of ether oxygens (including phenoxy) is 2. The lowest BCUT2D eigenvalue weighted by atomic mass is 10.0. The monoisotopic (exact) mass is 726 g/mol. The number of nitrogens with zero attached hydrogens (tertiary/aromatic N) is 4. The van der Waals surface area contributed by atoms with Gasteiger partial charge in [0.1, 0.15) is 34.2 Å². The van der Waals surface area contributed by atoms with Gasteiger partial charge in [-0.3, -0.25) is 9.59 Å². The molecule has 4 amide bonds. The second-order valence-electron chi connectivity index (χ2n) is 11.8. The van der Waals surface area contributed by atoms with E-state index in [0.717, 1.165) is 23.1 Å². The second-order valence-corrected chi connectivity index (χ2v) is 11.8. The summed E-state index contributed by atoms with van der Waals surface area (Å²) in [5.74, 6) is -6.01. The van der Waals surface area contributed by atoms with Crippen molar-refractivity contribution in [2.24, 2.45) is 5.18 Å². The van der Waals surface area contributed by atoms with Gasteiger partial charge in [0, 0.05) is 28.7 Å². The van der Waals surface area contributed by atoms with E-state index in [0.29, 0.717) is 17.0 Å². The minimum atomic E-state index is -5.13. The van der Waals surface area contributed by atoms with E-state index in [1.54, 1.807) is 0 Å². The number of hydrogen-bond acceptors (Lipinski definition) is 8. The lowest BCUT2D eigenvalue weighted by molar-refractivity contribution is -0.140. The molecular weight excluding hydrogens is 699 g/mol. The summed E-state index contributed by atoms with van der Waals surface area (Å²) in [4.78, 5) is 65.5. The Balaban J connectivity index is 1.68. The molecule has 5 rings (SSSR count). The largest absolute Gasteiger partial charge is 0.496 e. The van der Waals surface area contributed by atoms with Gasteiger partial charge < -0.3 is 24.4 Å². The number of alkyl halides is 3. The normalized spacial score (nSPS) is 14.0. The zero-order chi connectivity index (χ0) is 38.3. The van der Waals surface area contributed by atoms with Crippen molar-refractivity contribution in [2.75, 3.05) is 24.0 Å². The minimum Gasteiger partial charge on any atom is -0.496 e. The number of rotatable bonds is 10. The van der Waals surface area contributed by atoms with Crippen LogP contribution in [0.4, 0.5) is 49.5 Å². The van der Waals surface area contributed by atoms with E-state index in [-0.39, 0.29) is 45.3 Å². The first-order valence-electron chi connectivity index (χ1n) is 15.0. The van der Waals surface area contributed by atoms with Crippen LogP contribution in [-0.4, -0.2) is 53.6 Å². The third-order valence-corrected chi connectivity index (χ3v) is 8.38. The van der Waals surface area contributed by atoms with Crippen LogP contribution < -0.4 is 19.3 Å². The van der Waals surface area contributed by atoms with Crippen molar-refractivity contribution in [3.8, 4) is 11.5 Å². The van der Waals surface area contributed by atoms with E-state index in [4.69, 9.17) is 9.47 Å². The molecule has 1 heterocycles. The molecule has 0 bridgehead atoms. The SMILES string of the molecule is COc1cc(N(c2ccc(C(=O)N=O)c(OC)c2)c2cc(F)ccc2CN2C(=O)N(c3ccc(F)c(C(F)(F)F)c3)C(=O)C2(C)C)ccc1C(=O)O. The highest BCUT2D eigenvalue weighted by molar-refractivity contribution is 6.23. The summed E-state index contributed by atoms with van der Waals surface area (Å²) in [5.41, 5.74) is -3.84. The molecule has 0 spiro atoms. The van der Waals surface area contributed by atoms with Crippen molar-refractivity contribution >= 4 is 46.6 Å². The van der Waals surface area contributed by atoms with E-state index >= 15 is 4.39 Å². The Labute approximate surface area is 291 Å². The molecule has 4 aromatic carbocycles. The number of imide groups is 1. The van der Waals surface area contributed by atoms with Gasteiger partial charge >= 0.3 is 24.1 Å². The van der Waals surface area contributed by atoms with Crippen molar-refractivity contribution in [3.63, 3.8) is 0 Å². The number of benzene rings is 4. The van der Waals surface area contributed by atoms with Crippen molar-refractivity contribution in [1.29, 1.82) is 0 Å². The van der Waals surface area contributed by atoms with E-state index in [1.165, 1.54) is 75.4 Å². The zero-order valence-corrected chi connectivity index (χ0v) is 27.6. The fraction of sp³-hybridized carbons (Fsp3) is 0.200. The van der Waals surface area contributed by atoms with Gasteiger partial charge in [-0.2, -0.15) is 13.2 Å². The first-order valence-corrected chi connectivity index (χ1v) is 15.0. The van der Waals surface area contributed by atoms with Crippen LogP contribution in [0.1, 0.15) is 45.7 Å². The number of carbonyl (C=O) groups is 4. The second kappa shape index (κ2) is 13.7. The predicted molar refractivity (Wildman–Crippen MR) is 175 cm³/mol. The number of hydrogen-bond donors (Lipinski definition) is 1. The number of amides is 4. The maximum Gasteiger partial charge on any atom is 0.419 e. The Hall–Kier alpha value is -6.39. The van der Waals surface area contributed by atoms with Crippen LogP contribution in [-0.2, 0) is 17.5 Å². The molecule has 270 valence electrons. The smallest absolute Gasteiger partial charge is 0.419 e. The van der Waals surface area contributed by atoms with E-state index in [1.807, 2.05) is 0 Å². The number of methoxy groups -OCH3 is 2. The summed E-state index contributed by atoms with van der Waals surface area (Å²) in [6.07, 6.45) is -5.13. The maximum atomic E-state index is 15.2. The molecule has 1 fully saturated rings. The summed E-state index contributed by atoms with van der Waals surface area (Å²) in [6, 6.07) is 11.9. The molecule has 0 radical (unpaired) electrons. The third-order valence-electron chi connectivity index (χ3n) is 8.38. The Kier molecular flexibility index (Phi) is 9.74. The first kappa shape index (κ1) is 36.9. The number of carboxylic acids is 1. The summed E-state index contributed by atoms with van der Waals surface area (Å²) in [7, 11) is 2.44. The number of aromatic carboxylic acids is 1. The van der Waals surface area contributed by atoms with Gasteiger partial charge in [-0.15, -0.1) is 4.91 Å². The molecule has 17 heteroatoms. The standard InChI is InChI=1S/C35H27F5N4O8/c1-34(2)32(48)44(20-9-12-26(37)25(14-20)35(38,39)40)33(49)42(34)17-18-5-6-19(36)13-27(18)43(22-8-11-24(31(46)47)29(16-22)52-4)21-7-10-23(30(45)41-50)28(15-21)51-3/h5-16H,17H2,1-4H3,(H,46,47). The van der Waals surface area contributed by atoms with Gasteiger partial charge in [-0.1, -0.05) is 6.07 Å². The van der Waals surface area contributed by atoms with Crippen LogP contribution in [0.3, 0.4) is 0 Å². The Morgan fingerprint density at radius 1 is 0.865 bits per heavy atom. The Bertz CT molecular complexity index is 2140. The molecule has 12 nitrogen and oxygen atoms in total. The first-order chi connectivity index (χ1) is 24.4. The molecule has 4 aromatic rings. The number of halogens is 5. The van der Waals surface area contributed by atoms with Gasteiger partial charge in [0.15, 0.2) is 0 Å². The lowest BCUT2D eigenvalue weighted by Gasteiger charge is -2.32. The van der Waals surface area contributed by atoms with Crippen LogP contribution in [0.15, 0.2) is 78.0 Å². The Morgan fingerprint density at radius 3 is 2.02 bits per heavy atom. The van der Waals surface area contributed by atoms with Crippen molar-refractivity contribution < 1.29 is 55.7 Å². The molecule has 52 heavy (non-hydrogen) atoms. The summed E-state index contributed by atoms with van der Waals surface area (Å²) in [5, 5.41) is 12.1. The molecule has 1 N–H and O–H groups in total. The molecule has 0 unspecified atom stereocenters. The van der Waals surface area contributed by atoms with Crippen LogP contribution >= 0.6 is 0 Å². The van der Waals surface area contributed by atoms with Crippen LogP contribution in [0, 0.1) is 16.5 Å². The highest BCUT2D eigenvalue weighted by Gasteiger charge is 2.52. The molecule has 1 saturated heterocycles. The molecule has 0 atom stereocenters. The van der Waals surface area contributed by atoms with E-state index in [2.05, 4.69) is 5.18 Å². The molecule has 0 aromatic heterocycles. The predicted octanol–water partition coefficient (Wildman–Crippen LogP) is 7.82. The quantitative estimate of drug-likeness (QED) is 0.0982. The van der Waals surface area contributed by atoms with Gasteiger partial charge in [0.05, 0.1) is 43.3 Å². The number of carbonyl (C=O) groups excluding carboxylic acids is 3. The fourth-order valence-electron chi connectivity index (χ4n) is 5.72. The number of anilines is 4. The summed E-state index contributed by atoms with van der Waals surface area (Å²) >= 11 is 0. The zero-order valence-electron chi connectivity index (χ0n) is 27.6. The highest BCUT2D eigenvalue weighted by Crippen LogP contribution is 2.43. The molecular formula is C35H27F5N4O8. The summed E-state index contributed by atoms with van der Waals surface area (Å²) < 4.78 is 80.5. The molecule has 1 aliphatic heterocycles. The van der Waals surface area contributed by atoms with Crippen molar-refractivity contribution in [3.05, 3.63) is 112 Å². The number of nitroso groups, excluding NO2 is 1. The maximum absolute atomic E-state index is 15.2. The van der Waals surface area contributed by atoms with Crippen LogP contribution in [0.5, 0.6) is 11.5 Å². The molecule has 0 aliphatic carbocycles. The average Bonchev–Trinajstić information content (AvgIpc) is 3.26. The van der Waals surface area contributed by atoms with E-state index in [9.17, 15) is 46.8 Å². The molecule has 1 aliphatic rings. The van der Waals surface area contributed by atoms with Crippen LogP contribution in [0.25, 0.3) is 0 Å². The lowest BCUT2D eigenvalue weighted by Crippen LogP contribution is -2.43. The van der Waals surface area contributed by atoms with Gasteiger partial charge in [0.2, 0.25) is 0 Å². The van der Waals surface area contributed by atoms with E-state index < -0.39 is 65.0 Å². The fourth-order valence-corrected chi connectivity index (χ4v) is 5.72. The minimum absolute atomic E-state index is 0.00964. The average molecular weight is 727 g/mol. The van der Waals surface area contributed by atoms with Gasteiger partial charge in [0.25, 0.3) is 5.91 Å². The third kappa shape index (κ3) is 6.59. The van der Waals surface area contributed by atoms with Crippen LogP contribution in [0.2, 0.25) is 0 Å². The van der Waals surface area contributed by atoms with Gasteiger partial charge in [-0.05, 0) is 74.0 Å². The topological polar surface area (TPSA) is 146 Å². The number of urea groups is 1. The molecule has 0 saturated carbocycles. The van der Waals surface area contributed by atoms with Crippen molar-refractivity contribution in [1.82, 2.24) is 4.90 Å². The van der Waals surface area contributed by atoms with Gasteiger partial charge in [-0.25, -0.2) is 23.3 Å². The number of carboxylic acid groups (broad SMARTS) is 1. The van der Waals surface area contributed by atoms with Crippen molar-refractivity contribution in [2.45, 2.75) is 32.1 Å². The summed E-state index contributed by atoms with van der Waals surface area (Å²) in [6.45, 7) is 2.25. The highest BCUT2D eigenvalue weighted by atomic mass is 19.4.